The zero-order chi connectivity index (χ0) is 14.8. The van der Waals surface area contributed by atoms with Crippen molar-refractivity contribution < 1.29 is 13.3 Å². The molecule has 0 saturated heterocycles. The molecule has 1 fully saturated rings. The van der Waals surface area contributed by atoms with Crippen LogP contribution in [0.4, 0.5) is 11.4 Å². The van der Waals surface area contributed by atoms with Gasteiger partial charge in [0, 0.05) is 18.7 Å². The zero-order valence-corrected chi connectivity index (χ0v) is 11.5. The van der Waals surface area contributed by atoms with Gasteiger partial charge in [0.15, 0.2) is 0 Å². The predicted octanol–water partition coefficient (Wildman–Crippen LogP) is 0.959. The van der Waals surface area contributed by atoms with Crippen LogP contribution in [0.2, 0.25) is 0 Å². The van der Waals surface area contributed by atoms with Crippen LogP contribution in [0.3, 0.4) is 0 Å². The smallest absolute Gasteiger partial charge is 0.270 e. The molecule has 1 aromatic carbocycles. The van der Waals surface area contributed by atoms with E-state index >= 15 is 0 Å². The Balaban J connectivity index is 2.22. The molecule has 0 heterocycles. The lowest BCUT2D eigenvalue weighted by Gasteiger charge is -2.10. The highest BCUT2D eigenvalue weighted by molar-refractivity contribution is 7.89. The Morgan fingerprint density at radius 1 is 1.40 bits per heavy atom. The lowest BCUT2D eigenvalue weighted by Crippen LogP contribution is -2.26. The first-order valence-electron chi connectivity index (χ1n) is 6.19. The van der Waals surface area contributed by atoms with Gasteiger partial charge in [-0.2, -0.15) is 0 Å². The second kappa shape index (κ2) is 5.73. The maximum atomic E-state index is 12.2. The monoisotopic (exact) mass is 300 g/mol. The number of rotatable bonds is 7. The predicted molar refractivity (Wildman–Crippen MR) is 73.4 cm³/mol. The van der Waals surface area contributed by atoms with Gasteiger partial charge in [0.1, 0.15) is 4.90 Å². The quantitative estimate of drug-likeness (QED) is 0.391. The van der Waals surface area contributed by atoms with E-state index in [1.54, 1.807) is 0 Å². The van der Waals surface area contributed by atoms with Gasteiger partial charge in [-0.1, -0.05) is 12.8 Å². The lowest BCUT2D eigenvalue weighted by molar-refractivity contribution is -0.385. The third kappa shape index (κ3) is 3.44. The minimum atomic E-state index is -3.82. The third-order valence-electron chi connectivity index (χ3n) is 3.16. The Morgan fingerprint density at radius 2 is 2.10 bits per heavy atom. The molecular formula is C11H16N4O4S. The lowest BCUT2D eigenvalue weighted by atomic mass is 10.3. The molecule has 1 saturated carbocycles. The number of nitro benzene ring substituents is 1. The fraction of sp³-hybridized carbons (Fsp3) is 0.455. The first-order chi connectivity index (χ1) is 9.44. The molecule has 1 aliphatic rings. The number of nitrogens with one attached hydrogen (secondary N) is 2. The molecule has 110 valence electrons. The summed E-state index contributed by atoms with van der Waals surface area (Å²) in [5, 5.41) is 10.7. The summed E-state index contributed by atoms with van der Waals surface area (Å²) in [6, 6.07) is 3.46. The number of anilines is 1. The van der Waals surface area contributed by atoms with Crippen molar-refractivity contribution in [2.45, 2.75) is 24.2 Å². The van der Waals surface area contributed by atoms with Crippen LogP contribution in [0.25, 0.3) is 0 Å². The van der Waals surface area contributed by atoms with Gasteiger partial charge in [0.2, 0.25) is 10.0 Å². The number of benzene rings is 1. The normalized spacial score (nSPS) is 15.1. The average Bonchev–Trinajstić information content (AvgIpc) is 3.21. The van der Waals surface area contributed by atoms with E-state index in [0.29, 0.717) is 12.5 Å². The summed E-state index contributed by atoms with van der Waals surface area (Å²) in [5.74, 6) is 5.84. The summed E-state index contributed by atoms with van der Waals surface area (Å²) in [5.41, 5.74) is 2.06. The van der Waals surface area contributed by atoms with Crippen molar-refractivity contribution >= 4 is 21.4 Å². The highest BCUT2D eigenvalue weighted by atomic mass is 32.2. The molecule has 8 nitrogen and oxygen atoms in total. The van der Waals surface area contributed by atoms with Crippen molar-refractivity contribution in [3.05, 3.63) is 28.3 Å². The van der Waals surface area contributed by atoms with Crippen molar-refractivity contribution in [3.63, 3.8) is 0 Å². The molecule has 1 aliphatic carbocycles. The van der Waals surface area contributed by atoms with Crippen molar-refractivity contribution in [1.82, 2.24) is 4.72 Å². The number of hydrazine groups is 1. The summed E-state index contributed by atoms with van der Waals surface area (Å²) < 4.78 is 26.8. The summed E-state index contributed by atoms with van der Waals surface area (Å²) in [6.45, 7) is 0.319. The second-order valence-electron chi connectivity index (χ2n) is 4.71. The Morgan fingerprint density at radius 3 is 2.65 bits per heavy atom. The minimum absolute atomic E-state index is 0.120. The summed E-state index contributed by atoms with van der Waals surface area (Å²) >= 11 is 0. The SMILES string of the molecule is NNc1ccc([N+](=O)[O-])cc1S(=O)(=O)NCCC1CC1. The van der Waals surface area contributed by atoms with Gasteiger partial charge in [-0.05, 0) is 18.4 Å². The van der Waals surface area contributed by atoms with Gasteiger partial charge >= 0.3 is 0 Å². The van der Waals surface area contributed by atoms with Gasteiger partial charge in [0.05, 0.1) is 10.6 Å². The molecular weight excluding hydrogens is 284 g/mol. The van der Waals surface area contributed by atoms with E-state index in [4.69, 9.17) is 5.84 Å². The van der Waals surface area contributed by atoms with E-state index in [9.17, 15) is 18.5 Å². The van der Waals surface area contributed by atoms with E-state index < -0.39 is 14.9 Å². The molecule has 4 N–H and O–H groups in total. The van der Waals surface area contributed by atoms with E-state index in [1.165, 1.54) is 12.1 Å². The van der Waals surface area contributed by atoms with Gasteiger partial charge in [-0.25, -0.2) is 13.1 Å². The van der Waals surface area contributed by atoms with Gasteiger partial charge in [0.25, 0.3) is 5.69 Å². The van der Waals surface area contributed by atoms with Crippen LogP contribution in [-0.4, -0.2) is 19.9 Å². The summed E-state index contributed by atoms with van der Waals surface area (Å²) in [7, 11) is -3.82. The number of nitrogen functional groups attached to an aromatic ring is 1. The average molecular weight is 300 g/mol. The van der Waals surface area contributed by atoms with Crippen LogP contribution in [0.5, 0.6) is 0 Å². The first-order valence-corrected chi connectivity index (χ1v) is 7.67. The topological polar surface area (TPSA) is 127 Å². The summed E-state index contributed by atoms with van der Waals surface area (Å²) in [4.78, 5) is 9.86. The molecule has 0 bridgehead atoms. The van der Waals surface area contributed by atoms with Crippen LogP contribution < -0.4 is 16.0 Å². The number of nitrogens with two attached hydrogens (primary N) is 1. The van der Waals surface area contributed by atoms with Gasteiger partial charge in [-0.15, -0.1) is 0 Å². The highest BCUT2D eigenvalue weighted by Crippen LogP contribution is 2.32. The van der Waals surface area contributed by atoms with Crippen LogP contribution in [0.1, 0.15) is 19.3 Å². The van der Waals surface area contributed by atoms with Crippen molar-refractivity contribution in [2.24, 2.45) is 11.8 Å². The molecule has 0 amide bonds. The fourth-order valence-electron chi connectivity index (χ4n) is 1.85. The highest BCUT2D eigenvalue weighted by Gasteiger charge is 2.24. The summed E-state index contributed by atoms with van der Waals surface area (Å²) in [6.07, 6.45) is 3.04. The molecule has 0 spiro atoms. The maximum Gasteiger partial charge on any atom is 0.270 e. The largest absolute Gasteiger partial charge is 0.323 e. The second-order valence-corrected chi connectivity index (χ2v) is 6.45. The molecule has 0 unspecified atom stereocenters. The Labute approximate surface area is 116 Å². The molecule has 9 heteroatoms. The Hall–Kier alpha value is -1.71. The fourth-order valence-corrected chi connectivity index (χ4v) is 3.08. The van der Waals surface area contributed by atoms with E-state index in [2.05, 4.69) is 10.1 Å². The molecule has 0 radical (unpaired) electrons. The number of nitro groups is 1. The number of hydrogen-bond donors (Lipinski definition) is 3. The van der Waals surface area contributed by atoms with Gasteiger partial charge in [-0.3, -0.25) is 16.0 Å². The molecule has 0 aromatic heterocycles. The Kier molecular flexibility index (Phi) is 4.21. The van der Waals surface area contributed by atoms with Crippen LogP contribution in [0, 0.1) is 16.0 Å². The van der Waals surface area contributed by atoms with E-state index in [0.717, 1.165) is 25.3 Å². The third-order valence-corrected chi connectivity index (χ3v) is 4.66. The van der Waals surface area contributed by atoms with Crippen molar-refractivity contribution in [2.75, 3.05) is 12.0 Å². The zero-order valence-electron chi connectivity index (χ0n) is 10.7. The number of nitrogens with zero attached hydrogens (tertiary/aromatic N) is 1. The molecule has 0 aliphatic heterocycles. The molecule has 20 heavy (non-hydrogen) atoms. The molecule has 0 atom stereocenters. The van der Waals surface area contributed by atoms with Crippen molar-refractivity contribution in [1.29, 1.82) is 0 Å². The van der Waals surface area contributed by atoms with Gasteiger partial charge < -0.3 is 5.43 Å². The molecule has 2 rings (SSSR count). The minimum Gasteiger partial charge on any atom is -0.323 e. The standard InChI is InChI=1S/C11H16N4O4S/c12-14-10-4-3-9(15(16)17)7-11(10)20(18,19)13-6-5-8-1-2-8/h3-4,7-8,13-14H,1-2,5-6,12H2. The van der Waals surface area contributed by atoms with Crippen LogP contribution in [-0.2, 0) is 10.0 Å². The van der Waals surface area contributed by atoms with E-state index in [-0.39, 0.29) is 16.3 Å². The number of sulfonamides is 1. The number of non-ortho nitro benzene ring substituents is 1. The van der Waals surface area contributed by atoms with E-state index in [1.807, 2.05) is 0 Å². The van der Waals surface area contributed by atoms with Crippen LogP contribution in [0.15, 0.2) is 23.1 Å². The number of hydrogen-bond acceptors (Lipinski definition) is 6. The van der Waals surface area contributed by atoms with Crippen LogP contribution >= 0.6 is 0 Å². The first kappa shape index (κ1) is 14.7. The molecule has 1 aromatic rings. The van der Waals surface area contributed by atoms with Crippen molar-refractivity contribution in [3.8, 4) is 0 Å². The Bertz CT molecular complexity index is 613. The maximum absolute atomic E-state index is 12.2.